The van der Waals surface area contributed by atoms with Crippen molar-refractivity contribution in [1.29, 1.82) is 10.5 Å². The van der Waals surface area contributed by atoms with E-state index in [1.807, 2.05) is 6.07 Å². The number of hydrogen-bond acceptors (Lipinski definition) is 9. The van der Waals surface area contributed by atoms with E-state index in [4.69, 9.17) is 44.7 Å². The molecular weight excluding hydrogens is 482 g/mol. The summed E-state index contributed by atoms with van der Waals surface area (Å²) in [7, 11) is 0. The number of rotatable bonds is 4. The van der Waals surface area contributed by atoms with Crippen LogP contribution >= 0.6 is 23.2 Å². The third-order valence-corrected chi connectivity index (χ3v) is 5.61. The molecule has 1 aromatic heterocycles. The molecule has 0 fully saturated rings. The van der Waals surface area contributed by atoms with E-state index in [2.05, 4.69) is 20.6 Å². The summed E-state index contributed by atoms with van der Waals surface area (Å²) in [5, 5.41) is 24.5. The number of guanidine groups is 1. The molecule has 34 heavy (non-hydrogen) atoms. The van der Waals surface area contributed by atoms with Gasteiger partial charge in [-0.1, -0.05) is 29.3 Å². The van der Waals surface area contributed by atoms with Crippen molar-refractivity contribution >= 4 is 46.5 Å². The maximum atomic E-state index is 13.4. The van der Waals surface area contributed by atoms with Crippen molar-refractivity contribution in [3.05, 3.63) is 74.5 Å². The fourth-order valence-corrected chi connectivity index (χ4v) is 3.87. The first-order valence-corrected chi connectivity index (χ1v) is 10.4. The van der Waals surface area contributed by atoms with Gasteiger partial charge in [-0.3, -0.25) is 5.32 Å². The van der Waals surface area contributed by atoms with Crippen molar-refractivity contribution in [3.8, 4) is 18.0 Å². The molecule has 0 saturated carbocycles. The minimum absolute atomic E-state index is 0.0000304. The molecule has 0 bridgehead atoms. The second kappa shape index (κ2) is 9.32. The van der Waals surface area contributed by atoms with Gasteiger partial charge in [0.05, 0.1) is 10.7 Å². The zero-order valence-electron chi connectivity index (χ0n) is 17.2. The highest BCUT2D eigenvalue weighted by atomic mass is 35.5. The van der Waals surface area contributed by atoms with Crippen LogP contribution in [-0.4, -0.2) is 10.9 Å². The molecule has 3 aromatic rings. The summed E-state index contributed by atoms with van der Waals surface area (Å²) in [6.07, 6.45) is 1.79. The van der Waals surface area contributed by atoms with Gasteiger partial charge in [0.15, 0.2) is 6.19 Å². The Morgan fingerprint density at radius 3 is 2.68 bits per heavy atom. The van der Waals surface area contributed by atoms with Gasteiger partial charge in [-0.25, -0.2) is 14.4 Å². The Bertz CT molecular complexity index is 1410. The van der Waals surface area contributed by atoms with Crippen LogP contribution in [0.2, 0.25) is 10.0 Å². The number of nitrogen functional groups attached to an aromatic ring is 2. The summed E-state index contributed by atoms with van der Waals surface area (Å²) in [5.41, 5.74) is 13.7. The fourth-order valence-electron chi connectivity index (χ4n) is 3.46. The summed E-state index contributed by atoms with van der Waals surface area (Å²) in [5.74, 6) is 0.145. The number of nitriles is 2. The monoisotopic (exact) mass is 496 g/mol. The number of benzene rings is 2. The standard InChI is InChI=1S/C22H15Cl2FN8O/c23-11-2-4-16(34-8-10-1-3-12(25)6-15(10)24)13(5-11)19-17-18(28)14(7-26)20(29)32-21(17)33-22(31-19)30-9-27/h1-6,19H,8H2,(H6,28,29,30,31,32,33). The van der Waals surface area contributed by atoms with Gasteiger partial charge >= 0.3 is 0 Å². The zero-order chi connectivity index (χ0) is 24.4. The Labute approximate surface area is 203 Å². The SMILES string of the molecule is N#CNC1=NC(c2cc(Cl)ccc2OCc2ccc(F)cc2Cl)c2c(nc(N)c(C#N)c2N)N1. The molecule has 1 atom stereocenters. The number of nitrogens with zero attached hydrogens (tertiary/aromatic N) is 4. The summed E-state index contributed by atoms with van der Waals surface area (Å²) in [6.45, 7) is 0.0253. The molecular formula is C22H15Cl2FN8O. The highest BCUT2D eigenvalue weighted by molar-refractivity contribution is 6.31. The van der Waals surface area contributed by atoms with Crippen LogP contribution in [0, 0.1) is 28.6 Å². The van der Waals surface area contributed by atoms with E-state index in [0.717, 1.165) is 0 Å². The second-order valence-electron chi connectivity index (χ2n) is 7.11. The topological polar surface area (TPSA) is 158 Å². The summed E-state index contributed by atoms with van der Waals surface area (Å²) in [6, 6.07) is 9.96. The van der Waals surface area contributed by atoms with E-state index >= 15 is 0 Å². The number of aliphatic imine (C=N–C) groups is 1. The van der Waals surface area contributed by atoms with Gasteiger partial charge in [-0.15, -0.1) is 0 Å². The Hall–Kier alpha value is -4.25. The van der Waals surface area contributed by atoms with E-state index in [1.54, 1.807) is 24.4 Å². The van der Waals surface area contributed by atoms with Crippen LogP contribution < -0.4 is 26.8 Å². The lowest BCUT2D eigenvalue weighted by molar-refractivity contribution is 0.302. The molecule has 0 radical (unpaired) electrons. The van der Waals surface area contributed by atoms with Crippen molar-refractivity contribution < 1.29 is 9.13 Å². The Morgan fingerprint density at radius 1 is 1.18 bits per heavy atom. The van der Waals surface area contributed by atoms with Gasteiger partial charge in [0.1, 0.15) is 47.5 Å². The predicted octanol–water partition coefficient (Wildman–Crippen LogP) is 4.08. The van der Waals surface area contributed by atoms with Gasteiger partial charge in [-0.2, -0.15) is 10.5 Å². The van der Waals surface area contributed by atoms with E-state index in [9.17, 15) is 9.65 Å². The third-order valence-electron chi connectivity index (χ3n) is 5.02. The van der Waals surface area contributed by atoms with Crippen LogP contribution in [0.4, 0.5) is 21.7 Å². The quantitative estimate of drug-likeness (QED) is 0.310. The average Bonchev–Trinajstić information content (AvgIpc) is 2.79. The number of ether oxygens (including phenoxy) is 1. The molecule has 4 rings (SSSR count). The molecule has 0 aliphatic carbocycles. The van der Waals surface area contributed by atoms with E-state index in [-0.39, 0.29) is 40.5 Å². The van der Waals surface area contributed by atoms with Crippen LogP contribution in [0.5, 0.6) is 5.75 Å². The largest absolute Gasteiger partial charge is 0.488 e. The van der Waals surface area contributed by atoms with Crippen LogP contribution in [0.15, 0.2) is 41.4 Å². The Morgan fingerprint density at radius 2 is 1.97 bits per heavy atom. The number of nitrogens with one attached hydrogen (secondary N) is 2. The zero-order valence-corrected chi connectivity index (χ0v) is 18.7. The van der Waals surface area contributed by atoms with Crippen LogP contribution in [0.25, 0.3) is 0 Å². The van der Waals surface area contributed by atoms with Crippen molar-refractivity contribution in [2.24, 2.45) is 4.99 Å². The van der Waals surface area contributed by atoms with Gasteiger partial charge < -0.3 is 21.5 Å². The van der Waals surface area contributed by atoms with E-state index in [0.29, 0.717) is 27.5 Å². The molecule has 0 spiro atoms. The number of halogens is 3. The predicted molar refractivity (Wildman–Crippen MR) is 127 cm³/mol. The minimum Gasteiger partial charge on any atom is -0.488 e. The minimum atomic E-state index is -0.857. The molecule has 2 heterocycles. The highest BCUT2D eigenvalue weighted by Crippen LogP contribution is 2.44. The average molecular weight is 497 g/mol. The van der Waals surface area contributed by atoms with Crippen molar-refractivity contribution in [3.63, 3.8) is 0 Å². The van der Waals surface area contributed by atoms with Gasteiger partial charge in [0.2, 0.25) is 5.96 Å². The number of hydrogen-bond donors (Lipinski definition) is 4. The molecule has 1 unspecified atom stereocenters. The molecule has 6 N–H and O–H groups in total. The number of nitrogens with two attached hydrogens (primary N) is 2. The highest BCUT2D eigenvalue weighted by Gasteiger charge is 2.31. The molecule has 12 heteroatoms. The van der Waals surface area contributed by atoms with Crippen LogP contribution in [0.1, 0.15) is 28.3 Å². The van der Waals surface area contributed by atoms with Gasteiger partial charge in [-0.05, 0) is 30.3 Å². The molecule has 2 aromatic carbocycles. The van der Waals surface area contributed by atoms with E-state index < -0.39 is 11.9 Å². The Kier molecular flexibility index (Phi) is 6.28. The fraction of sp³-hybridized carbons (Fsp3) is 0.0909. The lowest BCUT2D eigenvalue weighted by Gasteiger charge is -2.27. The third kappa shape index (κ3) is 4.33. The Balaban J connectivity index is 1.83. The summed E-state index contributed by atoms with van der Waals surface area (Å²) < 4.78 is 19.4. The molecule has 9 nitrogen and oxygen atoms in total. The maximum absolute atomic E-state index is 13.4. The molecule has 1 aliphatic rings. The van der Waals surface area contributed by atoms with Crippen molar-refractivity contribution in [1.82, 2.24) is 10.3 Å². The maximum Gasteiger partial charge on any atom is 0.211 e. The number of aromatic nitrogens is 1. The van der Waals surface area contributed by atoms with Crippen molar-refractivity contribution in [2.75, 3.05) is 16.8 Å². The smallest absolute Gasteiger partial charge is 0.211 e. The second-order valence-corrected chi connectivity index (χ2v) is 7.95. The first kappa shape index (κ1) is 22.9. The van der Waals surface area contributed by atoms with Gasteiger partial charge in [0, 0.05) is 21.7 Å². The normalized spacial score (nSPS) is 14.1. The number of fused-ring (bicyclic) bond motifs is 1. The van der Waals surface area contributed by atoms with Crippen LogP contribution in [0.3, 0.4) is 0 Å². The lowest BCUT2D eigenvalue weighted by atomic mass is 9.94. The van der Waals surface area contributed by atoms with E-state index in [1.165, 1.54) is 18.2 Å². The summed E-state index contributed by atoms with van der Waals surface area (Å²) >= 11 is 12.4. The number of anilines is 3. The summed E-state index contributed by atoms with van der Waals surface area (Å²) in [4.78, 5) is 8.75. The van der Waals surface area contributed by atoms with Gasteiger partial charge in [0.25, 0.3) is 0 Å². The molecule has 170 valence electrons. The molecule has 0 saturated heterocycles. The lowest BCUT2D eigenvalue weighted by Crippen LogP contribution is -2.33. The molecule has 1 aliphatic heterocycles. The van der Waals surface area contributed by atoms with Crippen LogP contribution in [-0.2, 0) is 6.61 Å². The first-order chi connectivity index (χ1) is 16.3. The van der Waals surface area contributed by atoms with Crippen molar-refractivity contribution in [2.45, 2.75) is 12.6 Å². The first-order valence-electron chi connectivity index (χ1n) is 9.67. The number of pyridine rings is 1. The molecule has 0 amide bonds.